The van der Waals surface area contributed by atoms with Crippen LogP contribution in [0, 0.1) is 24.5 Å². The third-order valence-corrected chi connectivity index (χ3v) is 9.55. The molecular formula is C35H35F8N3O4. The van der Waals surface area contributed by atoms with Crippen LogP contribution < -0.4 is 10.9 Å². The molecule has 2 aromatic carbocycles. The Morgan fingerprint density at radius 1 is 1.00 bits per heavy atom. The maximum absolute atomic E-state index is 15.9. The van der Waals surface area contributed by atoms with Gasteiger partial charge in [-0.15, -0.1) is 0 Å². The van der Waals surface area contributed by atoms with Crippen LogP contribution in [-0.4, -0.2) is 47.1 Å². The lowest BCUT2D eigenvalue weighted by molar-refractivity contribution is -0.140. The summed E-state index contributed by atoms with van der Waals surface area (Å²) >= 11 is 0. The van der Waals surface area contributed by atoms with E-state index in [1.807, 2.05) is 0 Å². The van der Waals surface area contributed by atoms with E-state index < -0.39 is 82.0 Å². The van der Waals surface area contributed by atoms with Gasteiger partial charge in [-0.25, -0.2) is 8.78 Å². The first-order chi connectivity index (χ1) is 23.2. The van der Waals surface area contributed by atoms with Gasteiger partial charge in [-0.05, 0) is 111 Å². The van der Waals surface area contributed by atoms with Crippen LogP contribution in [0.5, 0.6) is 0 Å². The molecule has 1 amide bonds. The van der Waals surface area contributed by atoms with Crippen molar-refractivity contribution in [3.8, 4) is 11.1 Å². The van der Waals surface area contributed by atoms with E-state index in [1.54, 1.807) is 19.0 Å². The van der Waals surface area contributed by atoms with Gasteiger partial charge in [-0.3, -0.25) is 19.0 Å². The van der Waals surface area contributed by atoms with Crippen LogP contribution in [0.4, 0.5) is 35.1 Å². The van der Waals surface area contributed by atoms with Crippen LogP contribution in [0.2, 0.25) is 0 Å². The van der Waals surface area contributed by atoms with Gasteiger partial charge in [0.2, 0.25) is 5.91 Å². The highest BCUT2D eigenvalue weighted by molar-refractivity contribution is 5.89. The topological polar surface area (TPSA) is 91.6 Å². The monoisotopic (exact) mass is 713 g/mol. The molecule has 1 fully saturated rings. The summed E-state index contributed by atoms with van der Waals surface area (Å²) in [4.78, 5) is 41.3. The first kappa shape index (κ1) is 37.0. The predicted molar refractivity (Wildman–Crippen MR) is 166 cm³/mol. The first-order valence-electron chi connectivity index (χ1n) is 15.9. The van der Waals surface area contributed by atoms with Crippen molar-refractivity contribution in [3.63, 3.8) is 0 Å². The number of alkyl halides is 6. The van der Waals surface area contributed by atoms with E-state index in [0.29, 0.717) is 30.5 Å². The Bertz CT molecular complexity index is 1890. The molecule has 0 radical (unpaired) electrons. The number of carbonyl (C=O) groups is 2. The molecule has 1 saturated carbocycles. The number of carboxylic acids is 1. The van der Waals surface area contributed by atoms with Crippen LogP contribution in [-0.2, 0) is 40.3 Å². The molecule has 50 heavy (non-hydrogen) atoms. The van der Waals surface area contributed by atoms with Gasteiger partial charge in [0, 0.05) is 24.4 Å². The number of fused-ring (bicyclic) bond motifs is 5. The molecule has 2 bridgehead atoms. The number of hydrogen-bond donors (Lipinski definition) is 2. The van der Waals surface area contributed by atoms with Gasteiger partial charge in [0.25, 0.3) is 5.56 Å². The van der Waals surface area contributed by atoms with Crippen molar-refractivity contribution >= 4 is 11.9 Å². The van der Waals surface area contributed by atoms with Gasteiger partial charge in [0.05, 0.1) is 23.6 Å². The molecule has 2 aliphatic rings. The second-order valence-corrected chi connectivity index (χ2v) is 13.3. The molecule has 1 aliphatic carbocycles. The first-order valence-corrected chi connectivity index (χ1v) is 15.9. The zero-order valence-corrected chi connectivity index (χ0v) is 27.4. The van der Waals surface area contributed by atoms with Gasteiger partial charge in [-0.2, -0.15) is 26.3 Å². The van der Waals surface area contributed by atoms with Gasteiger partial charge in [0.1, 0.15) is 17.2 Å². The molecule has 0 unspecified atom stereocenters. The van der Waals surface area contributed by atoms with Gasteiger partial charge in [-0.1, -0.05) is 6.42 Å². The van der Waals surface area contributed by atoms with Gasteiger partial charge >= 0.3 is 18.3 Å². The molecule has 7 nitrogen and oxygen atoms in total. The zero-order chi connectivity index (χ0) is 36.9. The number of pyridine rings is 1. The molecule has 2 N–H and O–H groups in total. The zero-order valence-electron chi connectivity index (χ0n) is 27.4. The number of benzene rings is 2. The minimum absolute atomic E-state index is 0.0579. The highest BCUT2D eigenvalue weighted by Gasteiger charge is 2.62. The highest BCUT2D eigenvalue weighted by atomic mass is 19.4. The fourth-order valence-electron chi connectivity index (χ4n) is 7.11. The molecule has 3 aromatic rings. The normalized spacial score (nSPS) is 21.2. The van der Waals surface area contributed by atoms with Crippen molar-refractivity contribution in [1.82, 2.24) is 14.8 Å². The Kier molecular flexibility index (Phi) is 9.96. The molecule has 5 rings (SSSR count). The highest BCUT2D eigenvalue weighted by Crippen LogP contribution is 2.54. The van der Waals surface area contributed by atoms with Crippen LogP contribution in [0.15, 0.2) is 41.3 Å². The van der Waals surface area contributed by atoms with E-state index >= 15 is 4.39 Å². The summed E-state index contributed by atoms with van der Waals surface area (Å²) in [6.07, 6.45) is -9.28. The fourth-order valence-corrected chi connectivity index (χ4v) is 7.11. The summed E-state index contributed by atoms with van der Waals surface area (Å²) < 4.78 is 116. The summed E-state index contributed by atoms with van der Waals surface area (Å²) in [6, 6.07) is 2.33. The minimum atomic E-state index is -5.26. The molecule has 0 spiro atoms. The maximum atomic E-state index is 15.9. The molecule has 15 heteroatoms. The summed E-state index contributed by atoms with van der Waals surface area (Å²) in [5, 5.41) is 12.1. The third-order valence-electron chi connectivity index (χ3n) is 9.55. The number of aryl methyl sites for hydroxylation is 2. The van der Waals surface area contributed by atoms with Crippen LogP contribution in [0.25, 0.3) is 11.1 Å². The number of carbonyl (C=O) groups excluding carboxylic acids is 1. The quantitative estimate of drug-likeness (QED) is 0.268. The fraction of sp³-hybridized carbons (Fsp3) is 0.457. The van der Waals surface area contributed by atoms with Crippen molar-refractivity contribution in [2.24, 2.45) is 5.92 Å². The summed E-state index contributed by atoms with van der Waals surface area (Å²) in [5.41, 5.74) is -6.38. The van der Waals surface area contributed by atoms with Crippen LogP contribution in [0.3, 0.4) is 0 Å². The van der Waals surface area contributed by atoms with Crippen molar-refractivity contribution in [2.45, 2.75) is 75.8 Å². The average Bonchev–Trinajstić information content (AvgIpc) is 3.71. The number of likely N-dealkylation sites (N-methyl/N-ethyl adjacent to an activating group) is 1. The summed E-state index contributed by atoms with van der Waals surface area (Å²) in [7, 11) is 3.28. The Hall–Kier alpha value is -4.27. The number of nitrogens with zero attached hydrogens (tertiary/aromatic N) is 2. The number of rotatable bonds is 6. The molecule has 3 atom stereocenters. The predicted octanol–water partition coefficient (Wildman–Crippen LogP) is 7.02. The summed E-state index contributed by atoms with van der Waals surface area (Å²) in [5.74, 6) is -5.77. The van der Waals surface area contributed by atoms with Crippen molar-refractivity contribution in [2.75, 3.05) is 20.6 Å². The molecule has 2 heterocycles. The second kappa shape index (κ2) is 13.5. The van der Waals surface area contributed by atoms with Gasteiger partial charge < -0.3 is 15.3 Å². The molecule has 0 saturated heterocycles. The van der Waals surface area contributed by atoms with E-state index in [2.05, 4.69) is 5.32 Å². The number of nitrogens with one attached hydrogen (secondary N) is 1. The largest absolute Gasteiger partial charge is 0.481 e. The van der Waals surface area contributed by atoms with E-state index in [4.69, 9.17) is 0 Å². The smallest absolute Gasteiger partial charge is 0.419 e. The Labute approximate surface area is 281 Å². The Morgan fingerprint density at radius 3 is 2.30 bits per heavy atom. The standard InChI is InChI=1S/C35H35F8N3O4/c1-18-10-23(36)11-19-6-4-5-7-22-16-33(22,46-17-20(8-9-45(2)3)25(14-28(46)47)34(38,39)40)32(50)44-27(15-29(48)49)24-12-21(30(18)19)13-26(31(24)37)35(41,42)43/h10-14,17,22,27H,4-9,15-16H2,1-3H3,(H,44,50)(H,48,49)/t22-,27-,33+/m0/s1. The molecule has 1 aromatic heterocycles. The van der Waals surface area contributed by atoms with Crippen LogP contribution >= 0.6 is 0 Å². The van der Waals surface area contributed by atoms with Gasteiger partial charge in [0.15, 0.2) is 0 Å². The van der Waals surface area contributed by atoms with Crippen molar-refractivity contribution < 1.29 is 49.8 Å². The number of hydrogen-bond acceptors (Lipinski definition) is 4. The van der Waals surface area contributed by atoms with Crippen molar-refractivity contribution in [3.05, 3.63) is 91.9 Å². The van der Waals surface area contributed by atoms with E-state index in [1.165, 1.54) is 13.0 Å². The lowest BCUT2D eigenvalue weighted by Gasteiger charge is -2.28. The lowest BCUT2D eigenvalue weighted by Crippen LogP contribution is -2.46. The number of aliphatic carboxylic acids is 1. The number of carboxylic acid groups (broad SMARTS) is 1. The summed E-state index contributed by atoms with van der Waals surface area (Å²) in [6.45, 7) is 1.63. The number of amides is 1. The van der Waals surface area contributed by atoms with E-state index in [9.17, 15) is 50.2 Å². The van der Waals surface area contributed by atoms with Crippen LogP contribution in [0.1, 0.15) is 71.5 Å². The van der Waals surface area contributed by atoms with Crippen molar-refractivity contribution in [1.29, 1.82) is 0 Å². The average molecular weight is 714 g/mol. The third kappa shape index (κ3) is 7.28. The SMILES string of the molecule is Cc1cc(F)cc2c1-c1cc(c(F)c(C(F)(F)F)c1)[C@H](CC(=O)O)NC(=O)[C@@]1(n3cc(CCN(C)C)c(C(F)(F)F)cc3=O)C[C@@H]1CCCC2. The number of halogens is 8. The second-order valence-electron chi connectivity index (χ2n) is 13.3. The molecular weight excluding hydrogens is 678 g/mol. The number of aromatic nitrogens is 1. The lowest BCUT2D eigenvalue weighted by atomic mass is 9.87. The minimum Gasteiger partial charge on any atom is -0.481 e. The Balaban J connectivity index is 1.72. The Morgan fingerprint density at radius 2 is 1.68 bits per heavy atom. The maximum Gasteiger partial charge on any atom is 0.419 e. The van der Waals surface area contributed by atoms with E-state index in [0.717, 1.165) is 22.9 Å². The molecule has 270 valence electrons. The van der Waals surface area contributed by atoms with E-state index in [-0.39, 0.29) is 54.5 Å². The molecule has 1 aliphatic heterocycles.